The molecule has 3 N–H and O–H groups in total. The Labute approximate surface area is 127 Å². The largest absolute Gasteiger partial charge is 0.352 e. The average Bonchev–Trinajstić information content (AvgIpc) is 2.91. The molecule has 1 aromatic rings. The number of carbonyl (C=O) groups excluding carboxylic acids is 1. The minimum absolute atomic E-state index is 0. The average molecular weight is 298 g/mol. The van der Waals surface area contributed by atoms with E-state index in [0.29, 0.717) is 19.5 Å². The van der Waals surface area contributed by atoms with Gasteiger partial charge in [0.15, 0.2) is 0 Å². The van der Waals surface area contributed by atoms with Crippen LogP contribution in [0.5, 0.6) is 0 Å². The highest BCUT2D eigenvalue weighted by molar-refractivity contribution is 5.85. The fourth-order valence-electron chi connectivity index (χ4n) is 2.48. The fraction of sp³-hybridized carbons (Fsp3) is 0.533. The molecule has 0 aromatic heterocycles. The van der Waals surface area contributed by atoms with Crippen molar-refractivity contribution < 1.29 is 4.79 Å². The molecular weight excluding hydrogens is 274 g/mol. The van der Waals surface area contributed by atoms with Crippen LogP contribution in [0.15, 0.2) is 24.3 Å². The first-order valence-corrected chi connectivity index (χ1v) is 7.05. The number of benzene rings is 1. The summed E-state index contributed by atoms with van der Waals surface area (Å²) in [5.74, 6) is 0.0264. The summed E-state index contributed by atoms with van der Waals surface area (Å²) in [6.45, 7) is 4.37. The molecule has 1 aliphatic rings. The summed E-state index contributed by atoms with van der Waals surface area (Å²) in [5, 5.41) is 2.93. The Balaban J connectivity index is 0.00000200. The molecule has 0 aliphatic carbocycles. The summed E-state index contributed by atoms with van der Waals surface area (Å²) >= 11 is 0. The fourth-order valence-corrected chi connectivity index (χ4v) is 2.48. The van der Waals surface area contributed by atoms with Crippen molar-refractivity contribution in [1.82, 2.24) is 10.2 Å². The molecule has 0 bridgehead atoms. The number of carbonyl (C=O) groups is 1. The van der Waals surface area contributed by atoms with Crippen LogP contribution in [0.25, 0.3) is 0 Å². The Morgan fingerprint density at radius 1 is 1.20 bits per heavy atom. The molecule has 1 aromatic carbocycles. The minimum Gasteiger partial charge on any atom is -0.352 e. The normalized spacial score (nSPS) is 14.8. The highest BCUT2D eigenvalue weighted by atomic mass is 35.5. The van der Waals surface area contributed by atoms with Gasteiger partial charge in [-0.3, -0.25) is 9.69 Å². The van der Waals surface area contributed by atoms with Crippen molar-refractivity contribution >= 4 is 18.3 Å². The van der Waals surface area contributed by atoms with Gasteiger partial charge in [-0.2, -0.15) is 0 Å². The third kappa shape index (κ3) is 5.12. The Bertz CT molecular complexity index is 419. The zero-order valence-corrected chi connectivity index (χ0v) is 12.6. The predicted octanol–water partition coefficient (Wildman–Crippen LogP) is 1.67. The molecule has 2 rings (SSSR count). The monoisotopic (exact) mass is 297 g/mol. The van der Waals surface area contributed by atoms with Crippen molar-refractivity contribution in [2.75, 3.05) is 19.6 Å². The number of halogens is 1. The second kappa shape index (κ2) is 8.95. The zero-order chi connectivity index (χ0) is 13.5. The lowest BCUT2D eigenvalue weighted by molar-refractivity contribution is -0.121. The molecular formula is C15H24ClN3O. The maximum absolute atomic E-state index is 11.5. The maximum Gasteiger partial charge on any atom is 0.221 e. The molecule has 1 saturated heterocycles. The first-order chi connectivity index (χ1) is 9.29. The molecule has 0 radical (unpaired) electrons. The van der Waals surface area contributed by atoms with E-state index in [4.69, 9.17) is 5.73 Å². The van der Waals surface area contributed by atoms with Crippen LogP contribution in [0.4, 0.5) is 0 Å². The van der Waals surface area contributed by atoms with E-state index >= 15 is 0 Å². The van der Waals surface area contributed by atoms with Gasteiger partial charge in [0, 0.05) is 26.1 Å². The maximum atomic E-state index is 11.5. The van der Waals surface area contributed by atoms with Crippen LogP contribution in [0.1, 0.15) is 30.4 Å². The number of likely N-dealkylation sites (tertiary alicyclic amines) is 1. The summed E-state index contributed by atoms with van der Waals surface area (Å²) in [7, 11) is 0. The molecule has 1 heterocycles. The van der Waals surface area contributed by atoms with Gasteiger partial charge in [0.2, 0.25) is 5.91 Å². The summed E-state index contributed by atoms with van der Waals surface area (Å²) < 4.78 is 0. The van der Waals surface area contributed by atoms with Crippen molar-refractivity contribution in [2.45, 2.75) is 32.4 Å². The molecule has 1 fully saturated rings. The zero-order valence-electron chi connectivity index (χ0n) is 11.8. The van der Waals surface area contributed by atoms with Gasteiger partial charge in [-0.1, -0.05) is 24.3 Å². The topological polar surface area (TPSA) is 58.4 Å². The van der Waals surface area contributed by atoms with E-state index < -0.39 is 0 Å². The lowest BCUT2D eigenvalue weighted by Gasteiger charge is -2.17. The number of rotatable bonds is 6. The first-order valence-electron chi connectivity index (χ1n) is 7.05. The number of hydrogen-bond acceptors (Lipinski definition) is 3. The van der Waals surface area contributed by atoms with E-state index in [0.717, 1.165) is 6.54 Å². The molecule has 1 aliphatic heterocycles. The smallest absolute Gasteiger partial charge is 0.221 e. The molecule has 4 nitrogen and oxygen atoms in total. The molecule has 112 valence electrons. The van der Waals surface area contributed by atoms with Gasteiger partial charge < -0.3 is 11.1 Å². The van der Waals surface area contributed by atoms with Crippen molar-refractivity contribution in [1.29, 1.82) is 0 Å². The van der Waals surface area contributed by atoms with E-state index in [2.05, 4.69) is 28.4 Å². The van der Waals surface area contributed by atoms with Crippen LogP contribution in [0.3, 0.4) is 0 Å². The molecule has 5 heteroatoms. The third-order valence-electron chi connectivity index (χ3n) is 3.56. The second-order valence-corrected chi connectivity index (χ2v) is 5.07. The molecule has 0 atom stereocenters. The standard InChI is InChI=1S/C15H23N3O.ClH/c16-8-7-15(19)17-11-13-5-1-2-6-14(13)12-18-9-3-4-10-18;/h1-2,5-6H,3-4,7-12,16H2,(H,17,19);1H. The Kier molecular flexibility index (Phi) is 7.59. The lowest BCUT2D eigenvalue weighted by atomic mass is 10.1. The molecule has 1 amide bonds. The van der Waals surface area contributed by atoms with Crippen molar-refractivity contribution in [3.8, 4) is 0 Å². The van der Waals surface area contributed by atoms with Crippen molar-refractivity contribution in [3.05, 3.63) is 35.4 Å². The van der Waals surface area contributed by atoms with Crippen LogP contribution < -0.4 is 11.1 Å². The summed E-state index contributed by atoms with van der Waals surface area (Å²) in [5.41, 5.74) is 7.89. The van der Waals surface area contributed by atoms with Gasteiger partial charge >= 0.3 is 0 Å². The van der Waals surface area contributed by atoms with E-state index in [-0.39, 0.29) is 18.3 Å². The predicted molar refractivity (Wildman–Crippen MR) is 83.7 cm³/mol. The molecule has 0 saturated carbocycles. The number of nitrogens with one attached hydrogen (secondary N) is 1. The van der Waals surface area contributed by atoms with Crippen LogP contribution in [0.2, 0.25) is 0 Å². The Hall–Kier alpha value is -1.10. The van der Waals surface area contributed by atoms with Crippen LogP contribution >= 0.6 is 12.4 Å². The van der Waals surface area contributed by atoms with E-state index in [1.54, 1.807) is 0 Å². The van der Waals surface area contributed by atoms with E-state index in [9.17, 15) is 4.79 Å². The Morgan fingerprint density at radius 2 is 1.85 bits per heavy atom. The van der Waals surface area contributed by atoms with Gasteiger partial charge in [0.25, 0.3) is 0 Å². The SMILES string of the molecule is Cl.NCCC(=O)NCc1ccccc1CN1CCCC1. The summed E-state index contributed by atoms with van der Waals surface area (Å²) in [6.07, 6.45) is 3.00. The van der Waals surface area contributed by atoms with Gasteiger partial charge in [0.1, 0.15) is 0 Å². The number of hydrogen-bond donors (Lipinski definition) is 2. The molecule has 20 heavy (non-hydrogen) atoms. The first kappa shape index (κ1) is 17.0. The van der Waals surface area contributed by atoms with Crippen LogP contribution in [-0.4, -0.2) is 30.4 Å². The van der Waals surface area contributed by atoms with Crippen LogP contribution in [0, 0.1) is 0 Å². The summed E-state index contributed by atoms with van der Waals surface area (Å²) in [4.78, 5) is 13.9. The van der Waals surface area contributed by atoms with Gasteiger partial charge in [-0.15, -0.1) is 12.4 Å². The minimum atomic E-state index is 0. The van der Waals surface area contributed by atoms with Crippen molar-refractivity contribution in [2.24, 2.45) is 5.73 Å². The lowest BCUT2D eigenvalue weighted by Crippen LogP contribution is -2.26. The van der Waals surface area contributed by atoms with Crippen LogP contribution in [-0.2, 0) is 17.9 Å². The van der Waals surface area contributed by atoms with Gasteiger partial charge in [-0.05, 0) is 37.1 Å². The number of nitrogens with two attached hydrogens (primary N) is 1. The highest BCUT2D eigenvalue weighted by Crippen LogP contribution is 2.16. The summed E-state index contributed by atoms with van der Waals surface area (Å²) in [6, 6.07) is 8.34. The quantitative estimate of drug-likeness (QED) is 0.840. The van der Waals surface area contributed by atoms with E-state index in [1.165, 1.54) is 37.1 Å². The highest BCUT2D eigenvalue weighted by Gasteiger charge is 2.13. The number of amides is 1. The third-order valence-corrected chi connectivity index (χ3v) is 3.56. The molecule has 0 spiro atoms. The number of nitrogens with zero attached hydrogens (tertiary/aromatic N) is 1. The van der Waals surface area contributed by atoms with Gasteiger partial charge in [-0.25, -0.2) is 0 Å². The van der Waals surface area contributed by atoms with E-state index in [1.807, 2.05) is 6.07 Å². The Morgan fingerprint density at radius 3 is 2.50 bits per heavy atom. The second-order valence-electron chi connectivity index (χ2n) is 5.07. The van der Waals surface area contributed by atoms with Gasteiger partial charge in [0.05, 0.1) is 0 Å². The van der Waals surface area contributed by atoms with Crippen molar-refractivity contribution in [3.63, 3.8) is 0 Å². The molecule has 0 unspecified atom stereocenters.